The summed E-state index contributed by atoms with van der Waals surface area (Å²) in [6.45, 7) is 0. The van der Waals surface area contributed by atoms with E-state index in [2.05, 4.69) is 5.32 Å². The number of nitrogens with zero attached hydrogens (tertiary/aromatic N) is 1. The summed E-state index contributed by atoms with van der Waals surface area (Å²) in [5, 5.41) is 3.43. The lowest BCUT2D eigenvalue weighted by Gasteiger charge is -2.38. The molecule has 2 amide bonds. The summed E-state index contributed by atoms with van der Waals surface area (Å²) in [5.74, 6) is 0.0741. The van der Waals surface area contributed by atoms with Crippen molar-refractivity contribution in [3.8, 4) is 5.75 Å². The molecule has 1 N–H and O–H groups in total. The van der Waals surface area contributed by atoms with Crippen LogP contribution in [0.5, 0.6) is 5.75 Å². The molecule has 0 aromatic heterocycles. The van der Waals surface area contributed by atoms with E-state index in [4.69, 9.17) is 16.3 Å². The Bertz CT molecular complexity index is 810. The summed E-state index contributed by atoms with van der Waals surface area (Å²) in [6, 6.07) is 14.4. The molecule has 2 atom stereocenters. The number of hydrogen-bond acceptors (Lipinski definition) is 3. The van der Waals surface area contributed by atoms with Crippen LogP contribution >= 0.6 is 11.6 Å². The SMILES string of the molecule is COc1ccc(Cl)cc1NC(=O)[C@H]1CCC(=O)N(C)[C@H]1c1ccccc1. The van der Waals surface area contributed by atoms with Gasteiger partial charge in [-0.05, 0) is 30.2 Å². The molecule has 1 fully saturated rings. The molecule has 0 aliphatic carbocycles. The number of nitrogens with one attached hydrogen (secondary N) is 1. The Hall–Kier alpha value is -2.53. The monoisotopic (exact) mass is 372 g/mol. The van der Waals surface area contributed by atoms with Gasteiger partial charge in [-0.3, -0.25) is 9.59 Å². The number of amides is 2. The Morgan fingerprint density at radius 1 is 1.23 bits per heavy atom. The molecular formula is C20H21ClN2O3. The summed E-state index contributed by atoms with van der Waals surface area (Å²) >= 11 is 6.05. The van der Waals surface area contributed by atoms with Crippen LogP contribution < -0.4 is 10.1 Å². The first kappa shape index (κ1) is 18.3. The average molecular weight is 373 g/mol. The van der Waals surface area contributed by atoms with Crippen molar-refractivity contribution >= 4 is 29.1 Å². The highest BCUT2D eigenvalue weighted by atomic mass is 35.5. The maximum absolute atomic E-state index is 13.0. The second-order valence-electron chi connectivity index (χ2n) is 6.34. The van der Waals surface area contributed by atoms with Crippen LogP contribution in [-0.2, 0) is 9.59 Å². The third-order valence-corrected chi connectivity index (χ3v) is 4.99. The largest absolute Gasteiger partial charge is 0.495 e. The molecule has 1 aliphatic heterocycles. The fourth-order valence-electron chi connectivity index (χ4n) is 3.42. The molecule has 136 valence electrons. The second kappa shape index (κ2) is 7.79. The number of anilines is 1. The number of carbonyl (C=O) groups is 2. The summed E-state index contributed by atoms with van der Waals surface area (Å²) in [5.41, 5.74) is 1.47. The van der Waals surface area contributed by atoms with Gasteiger partial charge in [0, 0.05) is 18.5 Å². The standard InChI is InChI=1S/C20H21ClN2O3/c1-23-18(24)11-9-15(19(23)13-6-4-3-5-7-13)20(25)22-16-12-14(21)8-10-17(16)26-2/h3-8,10,12,15,19H,9,11H2,1-2H3,(H,22,25)/t15-,19-/m0/s1. The normalized spacial score (nSPS) is 20.0. The molecule has 0 bridgehead atoms. The first-order chi connectivity index (χ1) is 12.5. The first-order valence-electron chi connectivity index (χ1n) is 8.46. The Kier molecular flexibility index (Phi) is 5.47. The van der Waals surface area contributed by atoms with Crippen LogP contribution in [0.25, 0.3) is 0 Å². The highest BCUT2D eigenvalue weighted by Gasteiger charge is 2.38. The van der Waals surface area contributed by atoms with Crippen molar-refractivity contribution in [2.75, 3.05) is 19.5 Å². The smallest absolute Gasteiger partial charge is 0.230 e. The van der Waals surface area contributed by atoms with Crippen LogP contribution in [-0.4, -0.2) is 30.9 Å². The van der Waals surface area contributed by atoms with Gasteiger partial charge in [-0.1, -0.05) is 41.9 Å². The Balaban J connectivity index is 1.89. The van der Waals surface area contributed by atoms with E-state index < -0.39 is 0 Å². The first-order valence-corrected chi connectivity index (χ1v) is 8.84. The maximum atomic E-state index is 13.0. The van der Waals surface area contributed by atoms with E-state index in [1.54, 1.807) is 37.3 Å². The van der Waals surface area contributed by atoms with Gasteiger partial charge in [0.15, 0.2) is 0 Å². The number of ether oxygens (including phenoxy) is 1. The molecule has 6 heteroatoms. The van der Waals surface area contributed by atoms with Crippen molar-refractivity contribution in [2.24, 2.45) is 5.92 Å². The third kappa shape index (κ3) is 3.68. The van der Waals surface area contributed by atoms with Crippen molar-refractivity contribution < 1.29 is 14.3 Å². The van der Waals surface area contributed by atoms with E-state index in [0.29, 0.717) is 29.3 Å². The highest BCUT2D eigenvalue weighted by molar-refractivity contribution is 6.31. The summed E-state index contributed by atoms with van der Waals surface area (Å²) < 4.78 is 5.30. The van der Waals surface area contributed by atoms with Crippen LogP contribution in [0.3, 0.4) is 0 Å². The van der Waals surface area contributed by atoms with Gasteiger partial charge in [-0.25, -0.2) is 0 Å². The lowest BCUT2D eigenvalue weighted by atomic mass is 9.84. The third-order valence-electron chi connectivity index (χ3n) is 4.76. The number of piperidine rings is 1. The number of hydrogen-bond donors (Lipinski definition) is 1. The van der Waals surface area contributed by atoms with Gasteiger partial charge < -0.3 is 15.0 Å². The zero-order chi connectivity index (χ0) is 18.7. The molecule has 26 heavy (non-hydrogen) atoms. The lowest BCUT2D eigenvalue weighted by molar-refractivity contribution is -0.140. The molecule has 3 rings (SSSR count). The van der Waals surface area contributed by atoms with E-state index in [-0.39, 0.29) is 23.8 Å². The zero-order valence-electron chi connectivity index (χ0n) is 14.7. The van der Waals surface area contributed by atoms with Gasteiger partial charge >= 0.3 is 0 Å². The Labute approximate surface area is 157 Å². The van der Waals surface area contributed by atoms with Gasteiger partial charge in [0.1, 0.15) is 5.75 Å². The van der Waals surface area contributed by atoms with Gasteiger partial charge in [0.2, 0.25) is 11.8 Å². The fraction of sp³-hybridized carbons (Fsp3) is 0.300. The number of halogens is 1. The molecular weight excluding hydrogens is 352 g/mol. The number of benzene rings is 2. The predicted octanol–water partition coefficient (Wildman–Crippen LogP) is 3.90. The van der Waals surface area contributed by atoms with Crippen molar-refractivity contribution in [3.63, 3.8) is 0 Å². The molecule has 1 saturated heterocycles. The number of methoxy groups -OCH3 is 1. The van der Waals surface area contributed by atoms with Crippen molar-refractivity contribution in [2.45, 2.75) is 18.9 Å². The highest BCUT2D eigenvalue weighted by Crippen LogP contribution is 2.37. The molecule has 0 unspecified atom stereocenters. The van der Waals surface area contributed by atoms with Crippen molar-refractivity contribution in [3.05, 3.63) is 59.1 Å². The van der Waals surface area contributed by atoms with E-state index >= 15 is 0 Å². The van der Waals surface area contributed by atoms with Gasteiger partial charge in [-0.15, -0.1) is 0 Å². The molecule has 2 aromatic carbocycles. The van der Waals surface area contributed by atoms with Crippen LogP contribution in [0.2, 0.25) is 5.02 Å². The molecule has 0 spiro atoms. The number of carbonyl (C=O) groups excluding carboxylic acids is 2. The maximum Gasteiger partial charge on any atom is 0.230 e. The van der Waals surface area contributed by atoms with E-state index in [1.165, 1.54) is 0 Å². The fourth-order valence-corrected chi connectivity index (χ4v) is 3.59. The predicted molar refractivity (Wildman–Crippen MR) is 101 cm³/mol. The quantitative estimate of drug-likeness (QED) is 0.885. The average Bonchev–Trinajstić information content (AvgIpc) is 2.64. The minimum absolute atomic E-state index is 0.0447. The van der Waals surface area contributed by atoms with Crippen LogP contribution in [0.1, 0.15) is 24.4 Å². The van der Waals surface area contributed by atoms with Crippen LogP contribution in [0, 0.1) is 5.92 Å². The summed E-state index contributed by atoms with van der Waals surface area (Å²) in [4.78, 5) is 26.9. The van der Waals surface area contributed by atoms with E-state index in [1.807, 2.05) is 30.3 Å². The minimum Gasteiger partial charge on any atom is -0.495 e. The van der Waals surface area contributed by atoms with Gasteiger partial charge in [0.05, 0.1) is 24.8 Å². The Morgan fingerprint density at radius 2 is 1.96 bits per heavy atom. The molecule has 2 aromatic rings. The molecule has 5 nitrogen and oxygen atoms in total. The van der Waals surface area contributed by atoms with Gasteiger partial charge in [-0.2, -0.15) is 0 Å². The number of likely N-dealkylation sites (tertiary alicyclic amines) is 1. The second-order valence-corrected chi connectivity index (χ2v) is 6.78. The zero-order valence-corrected chi connectivity index (χ0v) is 15.5. The molecule has 0 saturated carbocycles. The molecule has 1 aliphatic rings. The topological polar surface area (TPSA) is 58.6 Å². The van der Waals surface area contributed by atoms with Crippen LogP contribution in [0.15, 0.2) is 48.5 Å². The lowest BCUT2D eigenvalue weighted by Crippen LogP contribution is -2.44. The minimum atomic E-state index is -0.358. The van der Waals surface area contributed by atoms with E-state index in [0.717, 1.165) is 5.56 Å². The summed E-state index contributed by atoms with van der Waals surface area (Å²) in [7, 11) is 3.29. The molecule has 1 heterocycles. The molecule has 0 radical (unpaired) electrons. The van der Waals surface area contributed by atoms with Crippen molar-refractivity contribution in [1.82, 2.24) is 4.90 Å². The van der Waals surface area contributed by atoms with Crippen molar-refractivity contribution in [1.29, 1.82) is 0 Å². The summed E-state index contributed by atoms with van der Waals surface area (Å²) in [6.07, 6.45) is 0.849. The number of rotatable bonds is 4. The van der Waals surface area contributed by atoms with Gasteiger partial charge in [0.25, 0.3) is 0 Å². The Morgan fingerprint density at radius 3 is 2.65 bits per heavy atom. The van der Waals surface area contributed by atoms with Crippen LogP contribution in [0.4, 0.5) is 5.69 Å². The van der Waals surface area contributed by atoms with E-state index in [9.17, 15) is 9.59 Å².